The Morgan fingerprint density at radius 2 is 1.41 bits per heavy atom. The predicted octanol–water partition coefficient (Wildman–Crippen LogP) is 9.61. The molecule has 0 saturated heterocycles. The first kappa shape index (κ1) is 34.1. The maximum atomic E-state index is 13.8. The normalized spacial score (nSPS) is 9.32. The Labute approximate surface area is 245 Å². The van der Waals surface area contributed by atoms with Gasteiger partial charge in [0, 0.05) is 60.8 Å². The van der Waals surface area contributed by atoms with Crippen LogP contribution < -0.4 is 16.0 Å². The Hall–Kier alpha value is -4.97. The molecule has 0 unspecified atom stereocenters. The van der Waals surface area contributed by atoms with Crippen LogP contribution in [0.4, 0.5) is 21.5 Å². The van der Waals surface area contributed by atoms with Gasteiger partial charge in [0.15, 0.2) is 0 Å². The monoisotopic (exact) mass is 551 g/mol. The molecule has 41 heavy (non-hydrogen) atoms. The number of nitrogens with zero attached hydrogens (tertiary/aromatic N) is 2. The highest BCUT2D eigenvalue weighted by Crippen LogP contribution is 2.34. The number of pyridine rings is 2. The summed E-state index contributed by atoms with van der Waals surface area (Å²) in [5, 5.41) is 9.72. The first-order chi connectivity index (χ1) is 19.9. The zero-order valence-electron chi connectivity index (χ0n) is 24.9. The van der Waals surface area contributed by atoms with E-state index in [1.165, 1.54) is 12.1 Å². The second-order valence-electron chi connectivity index (χ2n) is 8.17. The molecule has 0 bridgehead atoms. The molecule has 0 fully saturated rings. The van der Waals surface area contributed by atoms with Crippen LogP contribution in [-0.4, -0.2) is 24.1 Å². The molecule has 2 aromatic carbocycles. The maximum absolute atomic E-state index is 13.8. The van der Waals surface area contributed by atoms with Gasteiger partial charge in [-0.15, -0.1) is 26.3 Å². The lowest BCUT2D eigenvalue weighted by Gasteiger charge is -2.19. The lowest BCUT2D eigenvalue weighted by atomic mass is 9.96. The Bertz CT molecular complexity index is 1440. The van der Waals surface area contributed by atoms with Gasteiger partial charge in [-0.3, -0.25) is 9.97 Å². The Kier molecular flexibility index (Phi) is 14.6. The third-order valence-electron chi connectivity index (χ3n) is 5.98. The lowest BCUT2D eigenvalue weighted by molar-refractivity contribution is 0.628. The van der Waals surface area contributed by atoms with Gasteiger partial charge in [-0.25, -0.2) is 4.39 Å². The van der Waals surface area contributed by atoms with E-state index in [2.05, 4.69) is 71.5 Å². The lowest BCUT2D eigenvalue weighted by Crippen LogP contribution is -2.05. The smallest absolute Gasteiger partial charge is 0.123 e. The van der Waals surface area contributed by atoms with Crippen LogP contribution in [0.5, 0.6) is 0 Å². The summed E-state index contributed by atoms with van der Waals surface area (Å²) in [7, 11) is 3.75. The van der Waals surface area contributed by atoms with Gasteiger partial charge in [0.25, 0.3) is 0 Å². The van der Waals surface area contributed by atoms with Gasteiger partial charge in [0.2, 0.25) is 0 Å². The molecule has 0 amide bonds. The molecule has 0 aliphatic heterocycles. The molecule has 0 spiro atoms. The number of rotatable bonds is 8. The second kappa shape index (κ2) is 17.6. The van der Waals surface area contributed by atoms with E-state index in [0.29, 0.717) is 5.70 Å². The van der Waals surface area contributed by atoms with Gasteiger partial charge in [0.05, 0.1) is 17.6 Å². The Balaban J connectivity index is 0.00000131. The Morgan fingerprint density at radius 3 is 2.05 bits per heavy atom. The van der Waals surface area contributed by atoms with Gasteiger partial charge < -0.3 is 16.0 Å². The van der Waals surface area contributed by atoms with Gasteiger partial charge >= 0.3 is 0 Å². The van der Waals surface area contributed by atoms with Crippen LogP contribution in [0.2, 0.25) is 0 Å². The summed E-state index contributed by atoms with van der Waals surface area (Å²) >= 11 is 0. The average Bonchev–Trinajstić information content (AvgIpc) is 3.04. The van der Waals surface area contributed by atoms with E-state index in [9.17, 15) is 4.39 Å². The minimum Gasteiger partial charge on any atom is -0.388 e. The molecule has 0 aliphatic rings. The molecule has 5 nitrogen and oxygen atoms in total. The fraction of sp³-hybridized carbons (Fsp3) is 0.143. The predicted molar refractivity (Wildman–Crippen MR) is 179 cm³/mol. The highest BCUT2D eigenvalue weighted by molar-refractivity contribution is 5.89. The molecule has 0 saturated carbocycles. The zero-order valence-corrected chi connectivity index (χ0v) is 24.9. The van der Waals surface area contributed by atoms with Gasteiger partial charge in [-0.2, -0.15) is 0 Å². The van der Waals surface area contributed by atoms with Crippen molar-refractivity contribution in [1.82, 2.24) is 9.97 Å². The van der Waals surface area contributed by atoms with Crippen molar-refractivity contribution < 1.29 is 4.39 Å². The van der Waals surface area contributed by atoms with Crippen LogP contribution in [-0.2, 0) is 0 Å². The number of allylic oxidation sites excluding steroid dienone is 1. The minimum absolute atomic E-state index is 0.284. The summed E-state index contributed by atoms with van der Waals surface area (Å²) in [6.07, 6.45) is 7.09. The molecule has 214 valence electrons. The fourth-order valence-corrected chi connectivity index (χ4v) is 3.92. The molecule has 0 aliphatic carbocycles. The molecular formula is C35H42FN5. The van der Waals surface area contributed by atoms with E-state index < -0.39 is 0 Å². The summed E-state index contributed by atoms with van der Waals surface area (Å²) < 4.78 is 13.8. The number of halogens is 1. The third kappa shape index (κ3) is 8.77. The van der Waals surface area contributed by atoms with Crippen molar-refractivity contribution >= 4 is 22.6 Å². The average molecular weight is 552 g/mol. The molecule has 4 aromatic rings. The molecule has 0 atom stereocenters. The fourth-order valence-electron chi connectivity index (χ4n) is 3.92. The van der Waals surface area contributed by atoms with Crippen molar-refractivity contribution in [2.24, 2.45) is 0 Å². The van der Waals surface area contributed by atoms with Crippen molar-refractivity contribution in [1.29, 1.82) is 0 Å². The molecule has 3 N–H and O–H groups in total. The molecule has 4 rings (SSSR count). The molecule has 2 aromatic heterocycles. The zero-order chi connectivity index (χ0) is 30.9. The SMILES string of the molecule is C=C.C=C.C=C(Nc1cncc(-c2cccc(F)c2)c1C)C(=C)c1cc(-c2cncc(NC)c2)ccc1NC.CC. The van der Waals surface area contributed by atoms with Crippen LogP contribution in [0.25, 0.3) is 27.8 Å². The van der Waals surface area contributed by atoms with E-state index in [-0.39, 0.29) is 5.82 Å². The number of anilines is 3. The first-order valence-corrected chi connectivity index (χ1v) is 13.2. The topological polar surface area (TPSA) is 61.9 Å². The number of aromatic nitrogens is 2. The van der Waals surface area contributed by atoms with E-state index in [1.807, 2.05) is 65.3 Å². The van der Waals surface area contributed by atoms with Gasteiger partial charge in [-0.05, 0) is 59.5 Å². The highest BCUT2D eigenvalue weighted by Gasteiger charge is 2.14. The van der Waals surface area contributed by atoms with E-state index in [4.69, 9.17) is 0 Å². The van der Waals surface area contributed by atoms with Gasteiger partial charge in [0.1, 0.15) is 5.82 Å². The highest BCUT2D eigenvalue weighted by atomic mass is 19.1. The van der Waals surface area contributed by atoms with Crippen LogP contribution >= 0.6 is 0 Å². The summed E-state index contributed by atoms with van der Waals surface area (Å²) in [4.78, 5) is 8.69. The summed E-state index contributed by atoms with van der Waals surface area (Å²) in [5.41, 5.74) is 9.53. The Morgan fingerprint density at radius 1 is 0.732 bits per heavy atom. The van der Waals surface area contributed by atoms with Crippen molar-refractivity contribution in [2.45, 2.75) is 20.8 Å². The van der Waals surface area contributed by atoms with E-state index in [1.54, 1.807) is 24.7 Å². The van der Waals surface area contributed by atoms with Crippen LogP contribution in [0.3, 0.4) is 0 Å². The summed E-state index contributed by atoms with van der Waals surface area (Å²) in [6.45, 7) is 26.5. The summed E-state index contributed by atoms with van der Waals surface area (Å²) in [6, 6.07) is 14.7. The third-order valence-corrected chi connectivity index (χ3v) is 5.98. The number of nitrogens with one attached hydrogen (secondary N) is 3. The van der Waals surface area contributed by atoms with E-state index in [0.717, 1.165) is 56.0 Å². The largest absolute Gasteiger partial charge is 0.388 e. The van der Waals surface area contributed by atoms with Crippen LogP contribution in [0.15, 0.2) is 118 Å². The molecular weight excluding hydrogens is 509 g/mol. The maximum Gasteiger partial charge on any atom is 0.123 e. The van der Waals surface area contributed by atoms with Gasteiger partial charge in [-0.1, -0.05) is 45.2 Å². The number of benzene rings is 2. The molecule has 0 radical (unpaired) electrons. The van der Waals surface area contributed by atoms with Crippen molar-refractivity contribution in [2.75, 3.05) is 30.0 Å². The van der Waals surface area contributed by atoms with Crippen LogP contribution in [0, 0.1) is 12.7 Å². The standard InChI is InChI=1S/C29H28FN5.C2H6.2C2H4/c1-18(26-13-21(9-10-28(26)32-5)23-12-25(31-4)15-33-14-23)20(3)35-29-17-34-16-27(19(29)2)22-7-6-8-24(30)11-22;3*1-2/h6-17,31-32,35H,1,3H2,2,4-5H3;1-2H3;2*1-2H2. The first-order valence-electron chi connectivity index (χ1n) is 13.2. The second-order valence-corrected chi connectivity index (χ2v) is 8.17. The van der Waals surface area contributed by atoms with Crippen LogP contribution in [0.1, 0.15) is 25.0 Å². The van der Waals surface area contributed by atoms with Crippen molar-refractivity contribution in [3.63, 3.8) is 0 Å². The van der Waals surface area contributed by atoms with Crippen molar-refractivity contribution in [3.8, 4) is 22.3 Å². The summed E-state index contributed by atoms with van der Waals surface area (Å²) in [5.74, 6) is -0.284. The number of hydrogen-bond donors (Lipinski definition) is 3. The molecule has 6 heteroatoms. The quantitative estimate of drug-likeness (QED) is 0.150. The van der Waals surface area contributed by atoms with E-state index >= 15 is 0 Å². The molecule has 2 heterocycles. The number of hydrogen-bond acceptors (Lipinski definition) is 5. The minimum atomic E-state index is -0.284. The van der Waals surface area contributed by atoms with Crippen molar-refractivity contribution in [3.05, 3.63) is 135 Å².